The molecule has 0 aliphatic carbocycles. The highest BCUT2D eigenvalue weighted by atomic mass is 16.2. The molecule has 0 N–H and O–H groups in total. The first kappa shape index (κ1) is 11.8. The maximum Gasteiger partial charge on any atom is 0.223 e. The van der Waals surface area contributed by atoms with Crippen molar-refractivity contribution < 1.29 is 4.79 Å². The largest absolute Gasteiger partial charge is 0.372 e. The third-order valence-electron chi connectivity index (χ3n) is 2.69. The quantitative estimate of drug-likeness (QED) is 0.708. The maximum absolute atomic E-state index is 11.5. The lowest BCUT2D eigenvalue weighted by molar-refractivity contribution is -0.127. The van der Waals surface area contributed by atoms with E-state index in [9.17, 15) is 4.79 Å². The lowest BCUT2D eigenvalue weighted by Crippen LogP contribution is -2.35. The highest BCUT2D eigenvalue weighted by molar-refractivity contribution is 5.75. The van der Waals surface area contributed by atoms with E-state index < -0.39 is 0 Å². The fraction of sp³-hybridized carbons (Fsp3) is 0.583. The highest BCUT2D eigenvalue weighted by Crippen LogP contribution is 2.16. The Morgan fingerprint density at radius 1 is 1.53 bits per heavy atom. The minimum atomic E-state index is 0.129. The first-order valence-corrected chi connectivity index (χ1v) is 5.43. The van der Waals surface area contributed by atoms with Crippen LogP contribution in [-0.4, -0.2) is 35.8 Å². The van der Waals surface area contributed by atoms with Crippen LogP contribution in [0, 0.1) is 0 Å². The number of carbonyl (C=O) groups is 1. The summed E-state index contributed by atoms with van der Waals surface area (Å²) < 4.78 is 0. The van der Waals surface area contributed by atoms with Crippen LogP contribution in [0.3, 0.4) is 0 Å². The number of rotatable bonds is 3. The molecule has 0 saturated heterocycles. The second-order valence-electron chi connectivity index (χ2n) is 3.99. The zero-order valence-electron chi connectivity index (χ0n) is 10.1. The number of carbonyl (C=O) groups excluding carboxylic acids is 1. The number of amides is 1. The topological polar surface area (TPSA) is 23.6 Å². The minimum Gasteiger partial charge on any atom is -0.372 e. The van der Waals surface area contributed by atoms with Gasteiger partial charge in [-0.1, -0.05) is 6.92 Å². The van der Waals surface area contributed by atoms with Gasteiger partial charge >= 0.3 is 0 Å². The van der Waals surface area contributed by atoms with Gasteiger partial charge in [0.05, 0.1) is 6.54 Å². The normalized spacial score (nSPS) is 15.9. The predicted molar refractivity (Wildman–Crippen MR) is 62.1 cm³/mol. The Bertz CT molecular complexity index is 305. The molecule has 1 amide bonds. The van der Waals surface area contributed by atoms with E-state index in [2.05, 4.69) is 24.8 Å². The fourth-order valence-corrected chi connectivity index (χ4v) is 1.67. The van der Waals surface area contributed by atoms with Crippen LogP contribution in [0.2, 0.25) is 0 Å². The summed E-state index contributed by atoms with van der Waals surface area (Å²) in [6.45, 7) is 7.42. The molecule has 1 aliphatic rings. The van der Waals surface area contributed by atoms with E-state index in [1.54, 1.807) is 6.92 Å². The van der Waals surface area contributed by atoms with Gasteiger partial charge in [0.1, 0.15) is 0 Å². The molecule has 0 radical (unpaired) electrons. The van der Waals surface area contributed by atoms with Gasteiger partial charge in [-0.25, -0.2) is 0 Å². The number of nitrogens with zero attached hydrogens (tertiary/aromatic N) is 2. The van der Waals surface area contributed by atoms with Gasteiger partial charge in [-0.2, -0.15) is 0 Å². The molecule has 0 fully saturated rings. The van der Waals surface area contributed by atoms with Crippen molar-refractivity contribution in [2.75, 3.05) is 20.1 Å². The third-order valence-corrected chi connectivity index (χ3v) is 2.69. The lowest BCUT2D eigenvalue weighted by Gasteiger charge is -2.31. The first-order valence-electron chi connectivity index (χ1n) is 5.43. The highest BCUT2D eigenvalue weighted by Gasteiger charge is 2.16. The second-order valence-corrected chi connectivity index (χ2v) is 3.99. The fourth-order valence-electron chi connectivity index (χ4n) is 1.67. The van der Waals surface area contributed by atoms with E-state index in [4.69, 9.17) is 0 Å². The van der Waals surface area contributed by atoms with E-state index in [0.29, 0.717) is 0 Å². The smallest absolute Gasteiger partial charge is 0.223 e. The molecule has 1 rings (SSSR count). The van der Waals surface area contributed by atoms with Gasteiger partial charge in [-0.3, -0.25) is 4.79 Å². The summed E-state index contributed by atoms with van der Waals surface area (Å²) in [5.74, 6) is 0.129. The summed E-state index contributed by atoms with van der Waals surface area (Å²) in [5, 5.41) is 0. The van der Waals surface area contributed by atoms with Gasteiger partial charge in [-0.15, -0.1) is 0 Å². The van der Waals surface area contributed by atoms with Crippen molar-refractivity contribution in [3.63, 3.8) is 0 Å². The summed E-state index contributed by atoms with van der Waals surface area (Å²) in [7, 11) is 2.04. The average Bonchev–Trinajstić information content (AvgIpc) is 2.18. The second kappa shape index (κ2) is 5.01. The van der Waals surface area contributed by atoms with E-state index in [0.717, 1.165) is 25.2 Å². The Labute approximate surface area is 92.0 Å². The molecule has 0 aromatic heterocycles. The van der Waals surface area contributed by atoms with Crippen LogP contribution < -0.4 is 0 Å². The van der Waals surface area contributed by atoms with E-state index in [-0.39, 0.29) is 5.91 Å². The predicted octanol–water partition coefficient (Wildman–Crippen LogP) is 1.98. The molecule has 0 bridgehead atoms. The molecule has 0 aromatic rings. The Balaban J connectivity index is 2.81. The Hall–Kier alpha value is -1.25. The monoisotopic (exact) mass is 208 g/mol. The van der Waals surface area contributed by atoms with Gasteiger partial charge < -0.3 is 9.80 Å². The van der Waals surface area contributed by atoms with Crippen LogP contribution in [0.5, 0.6) is 0 Å². The van der Waals surface area contributed by atoms with Crippen LogP contribution in [0.25, 0.3) is 0 Å². The molecule has 0 aromatic carbocycles. The number of allylic oxidation sites excluding steroid dienone is 3. The van der Waals surface area contributed by atoms with Crippen LogP contribution in [-0.2, 0) is 4.79 Å². The SMILES string of the molecule is CCCN(C(C)=O)C1=CC=C(C)N(C)C1. The summed E-state index contributed by atoms with van der Waals surface area (Å²) in [5.41, 5.74) is 2.33. The average molecular weight is 208 g/mol. The zero-order chi connectivity index (χ0) is 11.4. The number of hydrogen-bond acceptors (Lipinski definition) is 2. The van der Waals surface area contributed by atoms with Crippen molar-refractivity contribution in [1.29, 1.82) is 0 Å². The van der Waals surface area contributed by atoms with Gasteiger partial charge in [0, 0.05) is 31.9 Å². The molecular formula is C12H20N2O. The molecule has 3 heteroatoms. The van der Waals surface area contributed by atoms with E-state index >= 15 is 0 Å². The molecule has 3 nitrogen and oxygen atoms in total. The lowest BCUT2D eigenvalue weighted by atomic mass is 10.2. The van der Waals surface area contributed by atoms with Crippen molar-refractivity contribution in [2.24, 2.45) is 0 Å². The van der Waals surface area contributed by atoms with E-state index in [1.165, 1.54) is 5.70 Å². The standard InChI is InChI=1S/C12H20N2O/c1-5-8-14(11(3)15)12-7-6-10(2)13(4)9-12/h6-7H,5,8-9H2,1-4H3. The molecule has 15 heavy (non-hydrogen) atoms. The van der Waals surface area contributed by atoms with Crippen LogP contribution >= 0.6 is 0 Å². The number of likely N-dealkylation sites (N-methyl/N-ethyl adjacent to an activating group) is 1. The van der Waals surface area contributed by atoms with Crippen LogP contribution in [0.4, 0.5) is 0 Å². The Kier molecular flexibility index (Phi) is 3.95. The van der Waals surface area contributed by atoms with Gasteiger partial charge in [0.15, 0.2) is 0 Å². The van der Waals surface area contributed by atoms with Crippen LogP contribution in [0.15, 0.2) is 23.5 Å². The molecule has 0 spiro atoms. The molecular weight excluding hydrogens is 188 g/mol. The third kappa shape index (κ3) is 2.85. The van der Waals surface area contributed by atoms with Crippen molar-refractivity contribution in [3.8, 4) is 0 Å². The van der Waals surface area contributed by atoms with Crippen molar-refractivity contribution in [3.05, 3.63) is 23.5 Å². The summed E-state index contributed by atoms with van der Waals surface area (Å²) >= 11 is 0. The summed E-state index contributed by atoms with van der Waals surface area (Å²) in [6.07, 6.45) is 5.10. The minimum absolute atomic E-state index is 0.129. The van der Waals surface area contributed by atoms with Crippen LogP contribution in [0.1, 0.15) is 27.2 Å². The van der Waals surface area contributed by atoms with Crippen molar-refractivity contribution in [2.45, 2.75) is 27.2 Å². The van der Waals surface area contributed by atoms with Gasteiger partial charge in [-0.05, 0) is 25.5 Å². The molecule has 0 atom stereocenters. The first-order chi connectivity index (χ1) is 7.06. The van der Waals surface area contributed by atoms with E-state index in [1.807, 2.05) is 18.0 Å². The van der Waals surface area contributed by atoms with Gasteiger partial charge in [0.25, 0.3) is 0 Å². The number of hydrogen-bond donors (Lipinski definition) is 0. The molecule has 0 saturated carbocycles. The Morgan fingerprint density at radius 3 is 2.67 bits per heavy atom. The van der Waals surface area contributed by atoms with Crippen molar-refractivity contribution >= 4 is 5.91 Å². The molecule has 1 heterocycles. The molecule has 1 aliphatic heterocycles. The summed E-state index contributed by atoms with van der Waals surface area (Å²) in [4.78, 5) is 15.5. The van der Waals surface area contributed by atoms with Crippen molar-refractivity contribution in [1.82, 2.24) is 9.80 Å². The maximum atomic E-state index is 11.5. The van der Waals surface area contributed by atoms with Gasteiger partial charge in [0.2, 0.25) is 5.91 Å². The summed E-state index contributed by atoms with van der Waals surface area (Å²) in [6, 6.07) is 0. The molecule has 0 unspecified atom stereocenters. The zero-order valence-corrected chi connectivity index (χ0v) is 10.1. The Morgan fingerprint density at radius 2 is 2.20 bits per heavy atom. The molecule has 84 valence electrons.